The van der Waals surface area contributed by atoms with Gasteiger partial charge in [0.2, 0.25) is 0 Å². The molecule has 0 saturated heterocycles. The molecule has 112 valence electrons. The quantitative estimate of drug-likeness (QED) is 0.943. The molecule has 1 N–H and O–H groups in total. The van der Waals surface area contributed by atoms with Gasteiger partial charge in [0.1, 0.15) is 11.8 Å². The fourth-order valence-electron chi connectivity index (χ4n) is 3.25. The number of para-hydroxylation sites is 1. The molecular formula is C17H22N2O2. The SMILES string of the molecule is CNC1CCC(N(C)C(=O)c2coc3ccccc23)CC1. The van der Waals surface area contributed by atoms with Crippen molar-refractivity contribution < 1.29 is 9.21 Å². The maximum absolute atomic E-state index is 12.7. The molecule has 1 aliphatic carbocycles. The number of nitrogens with one attached hydrogen (secondary N) is 1. The van der Waals surface area contributed by atoms with Crippen molar-refractivity contribution in [2.24, 2.45) is 0 Å². The number of benzene rings is 1. The number of furan rings is 1. The van der Waals surface area contributed by atoms with Crippen molar-refractivity contribution in [1.29, 1.82) is 0 Å². The zero-order valence-corrected chi connectivity index (χ0v) is 12.6. The van der Waals surface area contributed by atoms with E-state index in [1.807, 2.05) is 43.3 Å². The monoisotopic (exact) mass is 286 g/mol. The molecule has 0 unspecified atom stereocenters. The number of amides is 1. The molecule has 0 aliphatic heterocycles. The van der Waals surface area contributed by atoms with Crippen molar-refractivity contribution in [3.8, 4) is 0 Å². The highest BCUT2D eigenvalue weighted by Gasteiger charge is 2.27. The topological polar surface area (TPSA) is 45.5 Å². The maximum Gasteiger partial charge on any atom is 0.257 e. The van der Waals surface area contributed by atoms with Gasteiger partial charge in [-0.3, -0.25) is 4.79 Å². The van der Waals surface area contributed by atoms with E-state index in [-0.39, 0.29) is 5.91 Å². The molecule has 4 heteroatoms. The first kappa shape index (κ1) is 14.1. The van der Waals surface area contributed by atoms with E-state index in [0.717, 1.165) is 36.7 Å². The third-order valence-corrected chi connectivity index (χ3v) is 4.68. The van der Waals surface area contributed by atoms with E-state index in [0.29, 0.717) is 17.6 Å². The van der Waals surface area contributed by atoms with Crippen molar-refractivity contribution in [1.82, 2.24) is 10.2 Å². The summed E-state index contributed by atoms with van der Waals surface area (Å²) in [5.74, 6) is 0.0628. The first-order valence-electron chi connectivity index (χ1n) is 7.61. The van der Waals surface area contributed by atoms with Crippen LogP contribution in [0.1, 0.15) is 36.0 Å². The minimum Gasteiger partial charge on any atom is -0.463 e. The maximum atomic E-state index is 12.7. The van der Waals surface area contributed by atoms with Gasteiger partial charge in [0.25, 0.3) is 5.91 Å². The second-order valence-electron chi connectivity index (χ2n) is 5.86. The van der Waals surface area contributed by atoms with Crippen LogP contribution in [0.3, 0.4) is 0 Å². The Kier molecular flexibility index (Phi) is 3.97. The lowest BCUT2D eigenvalue weighted by molar-refractivity contribution is 0.0686. The highest BCUT2D eigenvalue weighted by atomic mass is 16.3. The molecule has 0 bridgehead atoms. The van der Waals surface area contributed by atoms with Crippen molar-refractivity contribution in [3.63, 3.8) is 0 Å². The predicted molar refractivity (Wildman–Crippen MR) is 83.4 cm³/mol. The molecule has 1 fully saturated rings. The summed E-state index contributed by atoms with van der Waals surface area (Å²) in [4.78, 5) is 14.6. The number of carbonyl (C=O) groups excluding carboxylic acids is 1. The van der Waals surface area contributed by atoms with E-state index in [1.54, 1.807) is 6.26 Å². The Morgan fingerprint density at radius 3 is 2.67 bits per heavy atom. The molecule has 0 atom stereocenters. The fraction of sp³-hybridized carbons (Fsp3) is 0.471. The molecule has 0 radical (unpaired) electrons. The summed E-state index contributed by atoms with van der Waals surface area (Å²) >= 11 is 0. The molecule has 1 aromatic heterocycles. The second kappa shape index (κ2) is 5.90. The molecule has 1 saturated carbocycles. The Hall–Kier alpha value is -1.81. The minimum atomic E-state index is 0.0628. The summed E-state index contributed by atoms with van der Waals surface area (Å²) in [5.41, 5.74) is 1.44. The van der Waals surface area contributed by atoms with Crippen LogP contribution in [0.2, 0.25) is 0 Å². The van der Waals surface area contributed by atoms with Crippen LogP contribution >= 0.6 is 0 Å². The van der Waals surface area contributed by atoms with Crippen LogP contribution in [0.25, 0.3) is 11.0 Å². The van der Waals surface area contributed by atoms with Crippen LogP contribution in [-0.4, -0.2) is 37.0 Å². The molecule has 4 nitrogen and oxygen atoms in total. The van der Waals surface area contributed by atoms with Gasteiger partial charge in [-0.1, -0.05) is 18.2 Å². The second-order valence-corrected chi connectivity index (χ2v) is 5.86. The first-order chi connectivity index (χ1) is 10.2. The summed E-state index contributed by atoms with van der Waals surface area (Å²) in [6, 6.07) is 8.62. The Balaban J connectivity index is 1.76. The number of carbonyl (C=O) groups is 1. The third kappa shape index (κ3) is 2.68. The summed E-state index contributed by atoms with van der Waals surface area (Å²) < 4.78 is 5.48. The minimum absolute atomic E-state index is 0.0628. The normalized spacial score (nSPS) is 22.4. The molecule has 0 spiro atoms. The lowest BCUT2D eigenvalue weighted by atomic mass is 9.90. The molecule has 2 aromatic rings. The van der Waals surface area contributed by atoms with Crippen molar-refractivity contribution in [2.45, 2.75) is 37.8 Å². The fourth-order valence-corrected chi connectivity index (χ4v) is 3.25. The third-order valence-electron chi connectivity index (χ3n) is 4.68. The molecule has 1 aliphatic rings. The average Bonchev–Trinajstić information content (AvgIpc) is 2.97. The largest absolute Gasteiger partial charge is 0.463 e. The summed E-state index contributed by atoms with van der Waals surface area (Å²) in [6.07, 6.45) is 5.96. The number of nitrogens with zero attached hydrogens (tertiary/aromatic N) is 1. The average molecular weight is 286 g/mol. The van der Waals surface area contributed by atoms with E-state index < -0.39 is 0 Å². The Bertz CT molecular complexity index is 627. The van der Waals surface area contributed by atoms with Crippen LogP contribution in [0.4, 0.5) is 0 Å². The van der Waals surface area contributed by atoms with Crippen molar-refractivity contribution in [2.75, 3.05) is 14.1 Å². The predicted octanol–water partition coefficient (Wildman–Crippen LogP) is 3.04. The van der Waals surface area contributed by atoms with Gasteiger partial charge in [0.05, 0.1) is 5.56 Å². The molecule has 1 aromatic carbocycles. The standard InChI is InChI=1S/C17H22N2O2/c1-18-12-7-9-13(10-8-12)19(2)17(20)15-11-21-16-6-4-3-5-14(15)16/h3-6,11-13,18H,7-10H2,1-2H3. The van der Waals surface area contributed by atoms with Crippen molar-refractivity contribution in [3.05, 3.63) is 36.1 Å². The lowest BCUT2D eigenvalue weighted by Crippen LogP contribution is -2.42. The Labute approximate surface area is 125 Å². The molecule has 1 amide bonds. The summed E-state index contributed by atoms with van der Waals surface area (Å²) in [5, 5.41) is 4.23. The zero-order valence-electron chi connectivity index (χ0n) is 12.6. The van der Waals surface area contributed by atoms with Gasteiger partial charge in [-0.25, -0.2) is 0 Å². The van der Waals surface area contributed by atoms with Crippen molar-refractivity contribution >= 4 is 16.9 Å². The smallest absolute Gasteiger partial charge is 0.257 e. The van der Waals surface area contributed by atoms with Crippen LogP contribution in [-0.2, 0) is 0 Å². The van der Waals surface area contributed by atoms with E-state index in [1.165, 1.54) is 0 Å². The van der Waals surface area contributed by atoms with Crippen LogP contribution in [0.15, 0.2) is 34.9 Å². The van der Waals surface area contributed by atoms with E-state index in [2.05, 4.69) is 5.32 Å². The first-order valence-corrected chi connectivity index (χ1v) is 7.61. The zero-order chi connectivity index (χ0) is 14.8. The number of fused-ring (bicyclic) bond motifs is 1. The van der Waals surface area contributed by atoms with Crippen LogP contribution in [0.5, 0.6) is 0 Å². The number of rotatable bonds is 3. The Morgan fingerprint density at radius 2 is 1.95 bits per heavy atom. The number of hydrogen-bond acceptors (Lipinski definition) is 3. The highest BCUT2D eigenvalue weighted by Crippen LogP contribution is 2.26. The van der Waals surface area contributed by atoms with Gasteiger partial charge in [-0.2, -0.15) is 0 Å². The van der Waals surface area contributed by atoms with Gasteiger partial charge >= 0.3 is 0 Å². The van der Waals surface area contributed by atoms with Gasteiger partial charge in [0.15, 0.2) is 0 Å². The van der Waals surface area contributed by atoms with Gasteiger partial charge < -0.3 is 14.6 Å². The van der Waals surface area contributed by atoms with Crippen LogP contribution in [0, 0.1) is 0 Å². The highest BCUT2D eigenvalue weighted by molar-refractivity contribution is 6.05. The van der Waals surface area contributed by atoms with Gasteiger partial charge in [-0.05, 0) is 38.8 Å². The Morgan fingerprint density at radius 1 is 1.24 bits per heavy atom. The molecule has 1 heterocycles. The molecule has 21 heavy (non-hydrogen) atoms. The van der Waals surface area contributed by atoms with E-state index in [4.69, 9.17) is 4.42 Å². The molecule has 3 rings (SSSR count). The van der Waals surface area contributed by atoms with Gasteiger partial charge in [0, 0.05) is 24.5 Å². The van der Waals surface area contributed by atoms with Gasteiger partial charge in [-0.15, -0.1) is 0 Å². The molecular weight excluding hydrogens is 264 g/mol. The summed E-state index contributed by atoms with van der Waals surface area (Å²) in [7, 11) is 3.92. The van der Waals surface area contributed by atoms with Crippen LogP contribution < -0.4 is 5.32 Å². The summed E-state index contributed by atoms with van der Waals surface area (Å²) in [6.45, 7) is 0. The lowest BCUT2D eigenvalue weighted by Gasteiger charge is -2.34. The van der Waals surface area contributed by atoms with E-state index >= 15 is 0 Å². The van der Waals surface area contributed by atoms with E-state index in [9.17, 15) is 4.79 Å². The number of hydrogen-bond donors (Lipinski definition) is 1.